The van der Waals surface area contributed by atoms with E-state index in [9.17, 15) is 9.18 Å². The first-order valence-corrected chi connectivity index (χ1v) is 7.87. The van der Waals surface area contributed by atoms with Crippen LogP contribution in [-0.2, 0) is 17.6 Å². The number of carbonyl (C=O) groups is 1. The third kappa shape index (κ3) is 5.11. The zero-order chi connectivity index (χ0) is 18.2. The average Bonchev–Trinajstić information content (AvgIpc) is 2.62. The van der Waals surface area contributed by atoms with Crippen molar-refractivity contribution in [1.82, 2.24) is 5.32 Å². The molecule has 0 atom stereocenters. The predicted octanol–water partition coefficient (Wildman–Crippen LogP) is 2.75. The SMILES string of the molecule is COc1cc(CCNC(=O)Cc2ccc(F)cc2)cc(OC)c1OC. The summed E-state index contributed by atoms with van der Waals surface area (Å²) in [6, 6.07) is 9.61. The molecule has 0 bridgehead atoms. The molecular weight excluding hydrogens is 325 g/mol. The Bertz CT molecular complexity index is 691. The van der Waals surface area contributed by atoms with E-state index in [1.807, 2.05) is 12.1 Å². The second kappa shape index (κ2) is 8.92. The van der Waals surface area contributed by atoms with E-state index in [0.717, 1.165) is 11.1 Å². The molecule has 0 fully saturated rings. The van der Waals surface area contributed by atoms with Crippen LogP contribution in [0.5, 0.6) is 17.2 Å². The number of hydrogen-bond acceptors (Lipinski definition) is 4. The number of rotatable bonds is 8. The molecule has 0 saturated heterocycles. The van der Waals surface area contributed by atoms with Crippen LogP contribution in [0, 0.1) is 5.82 Å². The molecule has 0 aliphatic heterocycles. The van der Waals surface area contributed by atoms with Crippen LogP contribution in [0.15, 0.2) is 36.4 Å². The van der Waals surface area contributed by atoms with Crippen molar-refractivity contribution in [1.29, 1.82) is 0 Å². The maximum absolute atomic E-state index is 12.9. The van der Waals surface area contributed by atoms with Crippen molar-refractivity contribution in [3.63, 3.8) is 0 Å². The Morgan fingerprint density at radius 1 is 0.960 bits per heavy atom. The first kappa shape index (κ1) is 18.6. The fourth-order valence-electron chi connectivity index (χ4n) is 2.48. The van der Waals surface area contributed by atoms with E-state index in [1.165, 1.54) is 12.1 Å². The summed E-state index contributed by atoms with van der Waals surface area (Å²) >= 11 is 0. The summed E-state index contributed by atoms with van der Waals surface area (Å²) in [6.07, 6.45) is 0.835. The third-order valence-corrected chi connectivity index (χ3v) is 3.74. The normalized spacial score (nSPS) is 10.2. The number of amides is 1. The summed E-state index contributed by atoms with van der Waals surface area (Å²) in [5.74, 6) is 1.27. The number of hydrogen-bond donors (Lipinski definition) is 1. The largest absolute Gasteiger partial charge is 0.493 e. The number of nitrogens with one attached hydrogen (secondary N) is 1. The quantitative estimate of drug-likeness (QED) is 0.798. The summed E-state index contributed by atoms with van der Waals surface area (Å²) in [5, 5.41) is 2.85. The number of halogens is 1. The van der Waals surface area contributed by atoms with Crippen molar-refractivity contribution in [2.24, 2.45) is 0 Å². The standard InChI is InChI=1S/C19H22FNO4/c1-23-16-10-14(11-17(24-2)19(16)25-3)8-9-21-18(22)12-13-4-6-15(20)7-5-13/h4-7,10-11H,8-9,12H2,1-3H3,(H,21,22). The number of carbonyl (C=O) groups excluding carboxylic acids is 1. The molecule has 2 aromatic carbocycles. The minimum Gasteiger partial charge on any atom is -0.493 e. The van der Waals surface area contributed by atoms with Crippen LogP contribution >= 0.6 is 0 Å². The summed E-state index contributed by atoms with van der Waals surface area (Å²) in [4.78, 5) is 12.0. The fourth-order valence-corrected chi connectivity index (χ4v) is 2.48. The molecule has 5 nitrogen and oxygen atoms in total. The lowest BCUT2D eigenvalue weighted by Gasteiger charge is -2.14. The average molecular weight is 347 g/mol. The van der Waals surface area contributed by atoms with E-state index in [2.05, 4.69) is 5.32 Å². The Balaban J connectivity index is 1.92. The molecule has 0 heterocycles. The first-order valence-electron chi connectivity index (χ1n) is 7.87. The molecule has 0 aromatic heterocycles. The molecule has 6 heteroatoms. The van der Waals surface area contributed by atoms with E-state index in [0.29, 0.717) is 30.2 Å². The van der Waals surface area contributed by atoms with Gasteiger partial charge in [-0.05, 0) is 41.8 Å². The molecule has 0 aliphatic rings. The summed E-state index contributed by atoms with van der Waals surface area (Å²) in [7, 11) is 4.67. The lowest BCUT2D eigenvalue weighted by atomic mass is 10.1. The molecule has 2 rings (SSSR count). The van der Waals surface area contributed by atoms with Crippen molar-refractivity contribution in [2.75, 3.05) is 27.9 Å². The van der Waals surface area contributed by atoms with Crippen molar-refractivity contribution >= 4 is 5.91 Å². The Kier molecular flexibility index (Phi) is 6.62. The topological polar surface area (TPSA) is 56.8 Å². The van der Waals surface area contributed by atoms with Gasteiger partial charge in [0.1, 0.15) is 5.82 Å². The van der Waals surface area contributed by atoms with Crippen molar-refractivity contribution in [3.05, 3.63) is 53.3 Å². The van der Waals surface area contributed by atoms with Gasteiger partial charge in [-0.1, -0.05) is 12.1 Å². The highest BCUT2D eigenvalue weighted by Gasteiger charge is 2.13. The molecule has 1 N–H and O–H groups in total. The van der Waals surface area contributed by atoms with Gasteiger partial charge in [-0.15, -0.1) is 0 Å². The Morgan fingerprint density at radius 2 is 1.56 bits per heavy atom. The first-order chi connectivity index (χ1) is 12.1. The molecular formula is C19H22FNO4. The lowest BCUT2D eigenvalue weighted by molar-refractivity contribution is -0.120. The fraction of sp³-hybridized carbons (Fsp3) is 0.316. The third-order valence-electron chi connectivity index (χ3n) is 3.74. The number of ether oxygens (including phenoxy) is 3. The molecule has 25 heavy (non-hydrogen) atoms. The van der Waals surface area contributed by atoms with Crippen molar-refractivity contribution < 1.29 is 23.4 Å². The minimum absolute atomic E-state index is 0.112. The summed E-state index contributed by atoms with van der Waals surface area (Å²) in [6.45, 7) is 0.471. The van der Waals surface area contributed by atoms with Crippen LogP contribution in [0.4, 0.5) is 4.39 Å². The molecule has 0 aliphatic carbocycles. The highest BCUT2D eigenvalue weighted by Crippen LogP contribution is 2.38. The highest BCUT2D eigenvalue weighted by atomic mass is 19.1. The van der Waals surface area contributed by atoms with Crippen LogP contribution in [0.1, 0.15) is 11.1 Å². The second-order valence-corrected chi connectivity index (χ2v) is 5.44. The summed E-state index contributed by atoms with van der Waals surface area (Å²) in [5.41, 5.74) is 1.73. The molecule has 0 spiro atoms. The minimum atomic E-state index is -0.313. The highest BCUT2D eigenvalue weighted by molar-refractivity contribution is 5.78. The van der Waals surface area contributed by atoms with Crippen LogP contribution in [0.3, 0.4) is 0 Å². The molecule has 0 unspecified atom stereocenters. The maximum Gasteiger partial charge on any atom is 0.224 e. The van der Waals surface area contributed by atoms with Gasteiger partial charge in [-0.2, -0.15) is 0 Å². The molecule has 1 amide bonds. The molecule has 2 aromatic rings. The molecule has 0 saturated carbocycles. The van der Waals surface area contributed by atoms with Gasteiger partial charge in [0.05, 0.1) is 27.8 Å². The number of methoxy groups -OCH3 is 3. The van der Waals surface area contributed by atoms with Gasteiger partial charge in [0.25, 0.3) is 0 Å². The summed E-state index contributed by atoms with van der Waals surface area (Å²) < 4.78 is 28.8. The van der Waals surface area contributed by atoms with Crippen molar-refractivity contribution in [3.8, 4) is 17.2 Å². The van der Waals surface area contributed by atoms with E-state index >= 15 is 0 Å². The van der Waals surface area contributed by atoms with Gasteiger partial charge in [-0.3, -0.25) is 4.79 Å². The van der Waals surface area contributed by atoms with Crippen LogP contribution in [-0.4, -0.2) is 33.8 Å². The van der Waals surface area contributed by atoms with E-state index in [-0.39, 0.29) is 18.1 Å². The Hall–Kier alpha value is -2.76. The zero-order valence-corrected chi connectivity index (χ0v) is 14.6. The Morgan fingerprint density at radius 3 is 2.08 bits per heavy atom. The van der Waals surface area contributed by atoms with Crippen LogP contribution in [0.25, 0.3) is 0 Å². The smallest absolute Gasteiger partial charge is 0.224 e. The van der Waals surface area contributed by atoms with E-state index < -0.39 is 0 Å². The molecule has 134 valence electrons. The van der Waals surface area contributed by atoms with Crippen LogP contribution < -0.4 is 19.5 Å². The monoisotopic (exact) mass is 347 g/mol. The van der Waals surface area contributed by atoms with E-state index in [4.69, 9.17) is 14.2 Å². The molecule has 0 radical (unpaired) electrons. The van der Waals surface area contributed by atoms with Gasteiger partial charge in [0.15, 0.2) is 11.5 Å². The van der Waals surface area contributed by atoms with Gasteiger partial charge in [0.2, 0.25) is 11.7 Å². The maximum atomic E-state index is 12.9. The number of benzene rings is 2. The lowest BCUT2D eigenvalue weighted by Crippen LogP contribution is -2.27. The predicted molar refractivity (Wildman–Crippen MR) is 92.9 cm³/mol. The van der Waals surface area contributed by atoms with Crippen molar-refractivity contribution in [2.45, 2.75) is 12.8 Å². The Labute approximate surface area is 146 Å². The zero-order valence-electron chi connectivity index (χ0n) is 14.6. The van der Waals surface area contributed by atoms with Gasteiger partial charge >= 0.3 is 0 Å². The second-order valence-electron chi connectivity index (χ2n) is 5.44. The van der Waals surface area contributed by atoms with E-state index in [1.54, 1.807) is 33.5 Å². The van der Waals surface area contributed by atoms with Gasteiger partial charge in [0, 0.05) is 6.54 Å². The van der Waals surface area contributed by atoms with Crippen LogP contribution in [0.2, 0.25) is 0 Å². The van der Waals surface area contributed by atoms with Gasteiger partial charge < -0.3 is 19.5 Å². The van der Waals surface area contributed by atoms with Gasteiger partial charge in [-0.25, -0.2) is 4.39 Å².